The molecule has 2 rings (SSSR count). The first kappa shape index (κ1) is 13.4. The molecule has 0 bridgehead atoms. The zero-order chi connectivity index (χ0) is 13.3. The zero-order valence-corrected chi connectivity index (χ0v) is 11.4. The van der Waals surface area contributed by atoms with Crippen LogP contribution in [-0.4, -0.2) is 19.0 Å². The molecule has 0 spiro atoms. The van der Waals surface area contributed by atoms with E-state index in [4.69, 9.17) is 0 Å². The molecule has 1 unspecified atom stereocenters. The van der Waals surface area contributed by atoms with Gasteiger partial charge in [-0.25, -0.2) is 8.78 Å². The Morgan fingerprint density at radius 1 is 1.44 bits per heavy atom. The quantitative estimate of drug-likeness (QED) is 0.880. The van der Waals surface area contributed by atoms with Gasteiger partial charge in [0.05, 0.1) is 5.41 Å². The van der Waals surface area contributed by atoms with E-state index in [0.717, 1.165) is 18.7 Å². The average Bonchev–Trinajstić information content (AvgIpc) is 2.71. The Kier molecular flexibility index (Phi) is 3.68. The van der Waals surface area contributed by atoms with E-state index in [0.29, 0.717) is 17.4 Å². The van der Waals surface area contributed by atoms with Crippen LogP contribution < -0.4 is 10.6 Å². The van der Waals surface area contributed by atoms with Crippen molar-refractivity contribution >= 4 is 27.5 Å². The van der Waals surface area contributed by atoms with Crippen LogP contribution in [0, 0.1) is 17.0 Å². The standard InChI is InChI=1S/C12H13BrF2N2O/c1-12(2-3-16-6-12)11(18)17-10-8(14)4-7(13)5-9(10)15/h4-5,16H,2-3,6H2,1H3,(H,17,18). The average molecular weight is 319 g/mol. The van der Waals surface area contributed by atoms with E-state index in [-0.39, 0.29) is 5.91 Å². The van der Waals surface area contributed by atoms with Gasteiger partial charge in [-0.2, -0.15) is 0 Å². The number of halogens is 3. The molecule has 0 saturated carbocycles. The van der Waals surface area contributed by atoms with Gasteiger partial charge in [-0.3, -0.25) is 4.79 Å². The fourth-order valence-corrected chi connectivity index (χ4v) is 2.34. The summed E-state index contributed by atoms with van der Waals surface area (Å²) in [6.07, 6.45) is 0.651. The molecule has 1 aromatic rings. The van der Waals surface area contributed by atoms with Gasteiger partial charge in [-0.1, -0.05) is 15.9 Å². The van der Waals surface area contributed by atoms with Crippen molar-refractivity contribution in [3.05, 3.63) is 28.2 Å². The fourth-order valence-electron chi connectivity index (χ4n) is 1.94. The van der Waals surface area contributed by atoms with E-state index < -0.39 is 22.7 Å². The highest BCUT2D eigenvalue weighted by atomic mass is 79.9. The Balaban J connectivity index is 2.22. The summed E-state index contributed by atoms with van der Waals surface area (Å²) >= 11 is 2.99. The van der Waals surface area contributed by atoms with Gasteiger partial charge >= 0.3 is 0 Å². The Hall–Kier alpha value is -1.01. The van der Waals surface area contributed by atoms with Crippen LogP contribution in [0.4, 0.5) is 14.5 Å². The highest BCUT2D eigenvalue weighted by Crippen LogP contribution is 2.29. The molecule has 1 fully saturated rings. The number of carbonyl (C=O) groups is 1. The predicted molar refractivity (Wildman–Crippen MR) is 68.3 cm³/mol. The van der Waals surface area contributed by atoms with E-state index in [1.54, 1.807) is 6.92 Å². The van der Waals surface area contributed by atoms with E-state index in [9.17, 15) is 13.6 Å². The maximum Gasteiger partial charge on any atom is 0.231 e. The van der Waals surface area contributed by atoms with Crippen molar-refractivity contribution in [2.75, 3.05) is 18.4 Å². The summed E-state index contributed by atoms with van der Waals surface area (Å²) < 4.78 is 27.5. The van der Waals surface area contributed by atoms with E-state index in [2.05, 4.69) is 26.6 Å². The van der Waals surface area contributed by atoms with Crippen molar-refractivity contribution in [3.63, 3.8) is 0 Å². The Bertz CT molecular complexity index is 464. The summed E-state index contributed by atoms with van der Waals surface area (Å²) in [7, 11) is 0. The summed E-state index contributed by atoms with van der Waals surface area (Å²) in [4.78, 5) is 12.0. The van der Waals surface area contributed by atoms with Crippen LogP contribution in [-0.2, 0) is 4.79 Å². The van der Waals surface area contributed by atoms with E-state index in [1.165, 1.54) is 0 Å². The highest BCUT2D eigenvalue weighted by molar-refractivity contribution is 9.10. The van der Waals surface area contributed by atoms with Crippen LogP contribution in [0.5, 0.6) is 0 Å². The molecule has 98 valence electrons. The van der Waals surface area contributed by atoms with Crippen molar-refractivity contribution < 1.29 is 13.6 Å². The number of rotatable bonds is 2. The van der Waals surface area contributed by atoms with Gasteiger partial charge in [-0.15, -0.1) is 0 Å². The molecule has 1 aliphatic rings. The lowest BCUT2D eigenvalue weighted by molar-refractivity contribution is -0.123. The number of amides is 1. The Labute approximate surface area is 112 Å². The molecule has 1 heterocycles. The van der Waals surface area contributed by atoms with Crippen LogP contribution in [0.3, 0.4) is 0 Å². The molecule has 0 radical (unpaired) electrons. The molecular formula is C12H13BrF2N2O. The van der Waals surface area contributed by atoms with Crippen molar-refractivity contribution in [1.29, 1.82) is 0 Å². The van der Waals surface area contributed by atoms with Gasteiger partial charge in [0, 0.05) is 11.0 Å². The Morgan fingerprint density at radius 2 is 2.06 bits per heavy atom. The summed E-state index contributed by atoms with van der Waals surface area (Å²) in [6, 6.07) is 2.24. The zero-order valence-electron chi connectivity index (χ0n) is 9.82. The minimum atomic E-state index is -0.787. The van der Waals surface area contributed by atoms with Gasteiger partial charge < -0.3 is 10.6 Å². The summed E-state index contributed by atoms with van der Waals surface area (Å²) in [5.41, 5.74) is -1.01. The Morgan fingerprint density at radius 3 is 2.56 bits per heavy atom. The third-order valence-electron chi connectivity index (χ3n) is 3.16. The van der Waals surface area contributed by atoms with Gasteiger partial charge in [0.25, 0.3) is 0 Å². The highest BCUT2D eigenvalue weighted by Gasteiger charge is 2.36. The smallest absolute Gasteiger partial charge is 0.231 e. The molecule has 0 aromatic heterocycles. The third kappa shape index (κ3) is 2.54. The second-order valence-corrected chi connectivity index (χ2v) is 5.60. The number of nitrogens with one attached hydrogen (secondary N) is 2. The summed E-state index contributed by atoms with van der Waals surface area (Å²) in [5.74, 6) is -1.94. The van der Waals surface area contributed by atoms with E-state index >= 15 is 0 Å². The second kappa shape index (κ2) is 4.93. The molecular weight excluding hydrogens is 306 g/mol. The van der Waals surface area contributed by atoms with Gasteiger partial charge in [0.1, 0.15) is 5.69 Å². The molecule has 1 aromatic carbocycles. The molecule has 18 heavy (non-hydrogen) atoms. The second-order valence-electron chi connectivity index (χ2n) is 4.69. The van der Waals surface area contributed by atoms with Crippen LogP contribution in [0.15, 0.2) is 16.6 Å². The van der Waals surface area contributed by atoms with Crippen molar-refractivity contribution in [3.8, 4) is 0 Å². The SMILES string of the molecule is CC1(C(=O)Nc2c(F)cc(Br)cc2F)CCNC1. The lowest BCUT2D eigenvalue weighted by Crippen LogP contribution is -2.35. The number of benzene rings is 1. The van der Waals surface area contributed by atoms with Crippen molar-refractivity contribution in [1.82, 2.24) is 5.32 Å². The summed E-state index contributed by atoms with van der Waals surface area (Å²) in [5, 5.41) is 5.40. The normalized spacial score (nSPS) is 23.1. The lowest BCUT2D eigenvalue weighted by Gasteiger charge is -2.21. The molecule has 1 saturated heterocycles. The molecule has 1 amide bonds. The molecule has 3 nitrogen and oxygen atoms in total. The first-order chi connectivity index (χ1) is 8.42. The van der Waals surface area contributed by atoms with Crippen molar-refractivity contribution in [2.45, 2.75) is 13.3 Å². The molecule has 1 aliphatic heterocycles. The van der Waals surface area contributed by atoms with Crippen LogP contribution in [0.2, 0.25) is 0 Å². The van der Waals surface area contributed by atoms with Crippen LogP contribution >= 0.6 is 15.9 Å². The van der Waals surface area contributed by atoms with Gasteiger partial charge in [-0.05, 0) is 32.0 Å². The molecule has 0 aliphatic carbocycles. The monoisotopic (exact) mass is 318 g/mol. The topological polar surface area (TPSA) is 41.1 Å². The minimum Gasteiger partial charge on any atom is -0.321 e. The molecule has 2 N–H and O–H groups in total. The first-order valence-corrected chi connectivity index (χ1v) is 6.38. The van der Waals surface area contributed by atoms with E-state index in [1.807, 2.05) is 0 Å². The number of hydrogen-bond donors (Lipinski definition) is 2. The van der Waals surface area contributed by atoms with Gasteiger partial charge in [0.2, 0.25) is 5.91 Å². The lowest BCUT2D eigenvalue weighted by atomic mass is 9.88. The predicted octanol–water partition coefficient (Wildman–Crippen LogP) is 2.67. The number of anilines is 1. The largest absolute Gasteiger partial charge is 0.321 e. The minimum absolute atomic E-state index is 0.296. The van der Waals surface area contributed by atoms with Crippen molar-refractivity contribution in [2.24, 2.45) is 5.41 Å². The first-order valence-electron chi connectivity index (χ1n) is 5.59. The molecule has 1 atom stereocenters. The fraction of sp³-hybridized carbons (Fsp3) is 0.417. The van der Waals surface area contributed by atoms with Crippen LogP contribution in [0.25, 0.3) is 0 Å². The maximum absolute atomic E-state index is 13.6. The third-order valence-corrected chi connectivity index (χ3v) is 3.62. The number of hydrogen-bond acceptors (Lipinski definition) is 2. The summed E-state index contributed by atoms with van der Waals surface area (Å²) in [6.45, 7) is 3.02. The number of carbonyl (C=O) groups excluding carboxylic acids is 1. The van der Waals surface area contributed by atoms with Gasteiger partial charge in [0.15, 0.2) is 11.6 Å². The molecule has 6 heteroatoms. The maximum atomic E-state index is 13.6. The van der Waals surface area contributed by atoms with Crippen LogP contribution in [0.1, 0.15) is 13.3 Å².